The summed E-state index contributed by atoms with van der Waals surface area (Å²) >= 11 is 7.59. The number of fused-ring (bicyclic) bond motifs is 1. The van der Waals surface area contributed by atoms with Gasteiger partial charge in [-0.05, 0) is 29.8 Å². The van der Waals surface area contributed by atoms with Crippen molar-refractivity contribution in [3.8, 4) is 5.75 Å². The SMILES string of the molecule is O=C(O)c1ccnc(SCc2cc(Cl)cc3c2OCC3)c1. The smallest absolute Gasteiger partial charge is 0.335 e. The van der Waals surface area contributed by atoms with Crippen LogP contribution in [0, 0.1) is 0 Å². The summed E-state index contributed by atoms with van der Waals surface area (Å²) in [5.41, 5.74) is 2.38. The number of hydrogen-bond donors (Lipinski definition) is 1. The molecule has 2 heterocycles. The van der Waals surface area contributed by atoms with Gasteiger partial charge in [0.05, 0.1) is 17.2 Å². The van der Waals surface area contributed by atoms with Crippen molar-refractivity contribution in [2.45, 2.75) is 17.2 Å². The lowest BCUT2D eigenvalue weighted by Crippen LogP contribution is -1.97. The standard InChI is InChI=1S/C15H12ClNO3S/c16-12-5-9-2-4-20-14(9)11(6-12)8-21-13-7-10(15(18)19)1-3-17-13/h1,3,5-7H,2,4,8H2,(H,18,19). The maximum Gasteiger partial charge on any atom is 0.335 e. The molecule has 0 unspecified atom stereocenters. The molecule has 0 bridgehead atoms. The molecule has 1 aromatic carbocycles. The highest BCUT2D eigenvalue weighted by molar-refractivity contribution is 7.98. The zero-order valence-corrected chi connectivity index (χ0v) is 12.6. The quantitative estimate of drug-likeness (QED) is 0.871. The van der Waals surface area contributed by atoms with Crippen LogP contribution in [0.4, 0.5) is 0 Å². The highest BCUT2D eigenvalue weighted by Crippen LogP contribution is 2.36. The van der Waals surface area contributed by atoms with Crippen LogP contribution in [0.5, 0.6) is 5.75 Å². The molecule has 0 saturated carbocycles. The molecule has 0 fully saturated rings. The molecule has 6 heteroatoms. The molecule has 0 aliphatic carbocycles. The average molecular weight is 322 g/mol. The zero-order valence-electron chi connectivity index (χ0n) is 11.0. The van der Waals surface area contributed by atoms with Gasteiger partial charge in [0.15, 0.2) is 0 Å². The molecule has 1 N–H and O–H groups in total. The molecule has 1 aliphatic heterocycles. The van der Waals surface area contributed by atoms with Crippen LogP contribution in [0.25, 0.3) is 0 Å². The highest BCUT2D eigenvalue weighted by Gasteiger charge is 2.17. The van der Waals surface area contributed by atoms with Crippen LogP contribution in [-0.4, -0.2) is 22.7 Å². The summed E-state index contributed by atoms with van der Waals surface area (Å²) in [6, 6.07) is 6.87. The summed E-state index contributed by atoms with van der Waals surface area (Å²) in [7, 11) is 0. The van der Waals surface area contributed by atoms with Crippen LogP contribution in [0.2, 0.25) is 5.02 Å². The number of rotatable bonds is 4. The largest absolute Gasteiger partial charge is 0.493 e. The molecular weight excluding hydrogens is 310 g/mol. The number of hydrogen-bond acceptors (Lipinski definition) is 4. The van der Waals surface area contributed by atoms with Crippen molar-refractivity contribution in [3.63, 3.8) is 0 Å². The van der Waals surface area contributed by atoms with Gasteiger partial charge in [-0.2, -0.15) is 0 Å². The van der Waals surface area contributed by atoms with E-state index in [0.29, 0.717) is 22.4 Å². The van der Waals surface area contributed by atoms with E-state index in [0.717, 1.165) is 23.3 Å². The van der Waals surface area contributed by atoms with Gasteiger partial charge in [-0.25, -0.2) is 9.78 Å². The number of halogens is 1. The van der Waals surface area contributed by atoms with E-state index in [4.69, 9.17) is 21.4 Å². The minimum atomic E-state index is -0.953. The number of nitrogens with zero attached hydrogens (tertiary/aromatic N) is 1. The predicted octanol–water partition coefficient (Wildman–Crippen LogP) is 3.66. The molecule has 1 aromatic heterocycles. The van der Waals surface area contributed by atoms with Crippen molar-refractivity contribution in [1.29, 1.82) is 0 Å². The van der Waals surface area contributed by atoms with E-state index in [1.807, 2.05) is 12.1 Å². The van der Waals surface area contributed by atoms with E-state index in [1.165, 1.54) is 24.0 Å². The van der Waals surface area contributed by atoms with Crippen LogP contribution in [0.1, 0.15) is 21.5 Å². The monoisotopic (exact) mass is 321 g/mol. The Labute approximate surface area is 131 Å². The van der Waals surface area contributed by atoms with Gasteiger partial charge in [0, 0.05) is 29.0 Å². The number of carbonyl (C=O) groups is 1. The molecule has 0 saturated heterocycles. The Bertz CT molecular complexity index is 705. The summed E-state index contributed by atoms with van der Waals surface area (Å²) in [6.07, 6.45) is 2.38. The Kier molecular flexibility index (Phi) is 4.03. The van der Waals surface area contributed by atoms with Gasteiger partial charge < -0.3 is 9.84 Å². The summed E-state index contributed by atoms with van der Waals surface area (Å²) < 4.78 is 5.65. The minimum absolute atomic E-state index is 0.236. The van der Waals surface area contributed by atoms with Crippen LogP contribution in [0.3, 0.4) is 0 Å². The van der Waals surface area contributed by atoms with Gasteiger partial charge in [0.1, 0.15) is 5.75 Å². The van der Waals surface area contributed by atoms with Crippen molar-refractivity contribution in [3.05, 3.63) is 52.2 Å². The average Bonchev–Trinajstić information content (AvgIpc) is 2.93. The lowest BCUT2D eigenvalue weighted by molar-refractivity contribution is 0.0696. The Hall–Kier alpha value is -1.72. The molecule has 21 heavy (non-hydrogen) atoms. The Balaban J connectivity index is 1.79. The lowest BCUT2D eigenvalue weighted by Gasteiger charge is -2.08. The second-order valence-corrected chi connectivity index (χ2v) is 6.06. The predicted molar refractivity (Wildman–Crippen MR) is 81.4 cm³/mol. The second kappa shape index (κ2) is 5.95. The molecule has 0 atom stereocenters. The Morgan fingerprint density at radius 3 is 3.10 bits per heavy atom. The number of thioether (sulfide) groups is 1. The Morgan fingerprint density at radius 2 is 2.29 bits per heavy atom. The van der Waals surface area contributed by atoms with Crippen molar-refractivity contribution in [2.75, 3.05) is 6.61 Å². The highest BCUT2D eigenvalue weighted by atomic mass is 35.5. The third-order valence-electron chi connectivity index (χ3n) is 3.18. The van der Waals surface area contributed by atoms with Gasteiger partial charge in [0.25, 0.3) is 0 Å². The lowest BCUT2D eigenvalue weighted by atomic mass is 10.1. The molecule has 0 radical (unpaired) electrons. The molecule has 108 valence electrons. The van der Waals surface area contributed by atoms with E-state index in [9.17, 15) is 4.79 Å². The normalized spacial score (nSPS) is 12.8. The van der Waals surface area contributed by atoms with E-state index < -0.39 is 5.97 Å². The first kappa shape index (κ1) is 14.2. The van der Waals surface area contributed by atoms with Gasteiger partial charge >= 0.3 is 5.97 Å². The molecule has 3 rings (SSSR count). The number of carboxylic acid groups (broad SMARTS) is 1. The number of benzene rings is 1. The van der Waals surface area contributed by atoms with Crippen LogP contribution in [-0.2, 0) is 12.2 Å². The zero-order chi connectivity index (χ0) is 14.8. The fourth-order valence-corrected chi connectivity index (χ4v) is 3.35. The Morgan fingerprint density at radius 1 is 1.43 bits per heavy atom. The van der Waals surface area contributed by atoms with E-state index >= 15 is 0 Å². The molecular formula is C15H12ClNO3S. The van der Waals surface area contributed by atoms with Crippen molar-refractivity contribution in [2.24, 2.45) is 0 Å². The third-order valence-corrected chi connectivity index (χ3v) is 4.38. The molecule has 0 amide bonds. The van der Waals surface area contributed by atoms with Crippen LogP contribution >= 0.6 is 23.4 Å². The summed E-state index contributed by atoms with van der Waals surface area (Å²) in [6.45, 7) is 0.681. The summed E-state index contributed by atoms with van der Waals surface area (Å²) in [4.78, 5) is 15.1. The molecule has 1 aliphatic rings. The molecule has 2 aromatic rings. The van der Waals surface area contributed by atoms with Crippen molar-refractivity contribution in [1.82, 2.24) is 4.98 Å². The summed E-state index contributed by atoms with van der Waals surface area (Å²) in [5.74, 6) is 0.589. The fourth-order valence-electron chi connectivity index (χ4n) is 2.23. The van der Waals surface area contributed by atoms with E-state index in [1.54, 1.807) is 6.07 Å². The second-order valence-electron chi connectivity index (χ2n) is 4.63. The van der Waals surface area contributed by atoms with Crippen molar-refractivity contribution >= 4 is 29.3 Å². The van der Waals surface area contributed by atoms with Gasteiger partial charge in [-0.1, -0.05) is 11.6 Å². The van der Waals surface area contributed by atoms with Crippen molar-refractivity contribution < 1.29 is 14.6 Å². The van der Waals surface area contributed by atoms with Gasteiger partial charge in [-0.3, -0.25) is 0 Å². The topological polar surface area (TPSA) is 59.4 Å². The first-order valence-corrected chi connectivity index (χ1v) is 7.76. The molecule has 0 spiro atoms. The van der Waals surface area contributed by atoms with Gasteiger partial charge in [-0.15, -0.1) is 11.8 Å². The number of ether oxygens (including phenoxy) is 1. The fraction of sp³-hybridized carbons (Fsp3) is 0.200. The number of aromatic nitrogens is 1. The maximum atomic E-state index is 11.0. The number of carboxylic acids is 1. The van der Waals surface area contributed by atoms with E-state index in [-0.39, 0.29) is 5.56 Å². The first-order valence-electron chi connectivity index (χ1n) is 6.40. The third kappa shape index (κ3) is 3.14. The minimum Gasteiger partial charge on any atom is -0.493 e. The number of pyridine rings is 1. The number of aromatic carboxylic acids is 1. The van der Waals surface area contributed by atoms with Crippen LogP contribution < -0.4 is 4.74 Å². The summed E-state index contributed by atoms with van der Waals surface area (Å²) in [5, 5.41) is 10.3. The first-order chi connectivity index (χ1) is 10.1. The maximum absolute atomic E-state index is 11.0. The van der Waals surface area contributed by atoms with E-state index in [2.05, 4.69) is 4.98 Å². The van der Waals surface area contributed by atoms with Gasteiger partial charge in [0.2, 0.25) is 0 Å². The van der Waals surface area contributed by atoms with Crippen LogP contribution in [0.15, 0.2) is 35.5 Å². The molecule has 4 nitrogen and oxygen atoms in total.